The summed E-state index contributed by atoms with van der Waals surface area (Å²) in [6, 6.07) is 12.3. The number of carbonyl (C=O) groups excluding carboxylic acids is 2. The first-order valence-corrected chi connectivity index (χ1v) is 10.2. The highest BCUT2D eigenvalue weighted by Crippen LogP contribution is 2.32. The number of hydrogen-bond donors (Lipinski definition) is 1. The molecule has 8 heteroatoms. The van der Waals surface area contributed by atoms with E-state index in [0.29, 0.717) is 34.4 Å². The van der Waals surface area contributed by atoms with Gasteiger partial charge in [0.2, 0.25) is 11.8 Å². The average Bonchev–Trinajstić information content (AvgIpc) is 3.26. The largest absolute Gasteiger partial charge is 0.300 e. The minimum absolute atomic E-state index is 0.102. The van der Waals surface area contributed by atoms with E-state index in [4.69, 9.17) is 11.6 Å². The molecule has 0 radical (unpaired) electrons. The summed E-state index contributed by atoms with van der Waals surface area (Å²) in [6.07, 6.45) is 0.737. The van der Waals surface area contributed by atoms with Gasteiger partial charge in [-0.3, -0.25) is 14.5 Å². The molecule has 3 aromatic rings. The number of nitrogens with one attached hydrogen (secondary N) is 1. The maximum Gasteiger partial charge on any atom is 0.249 e. The molecule has 1 N–H and O–H groups in total. The van der Waals surface area contributed by atoms with Crippen molar-refractivity contribution in [2.75, 3.05) is 10.2 Å². The molecule has 1 atom stereocenters. The Labute approximate surface area is 176 Å². The zero-order chi connectivity index (χ0) is 20.5. The SMILES string of the molecule is Cc1sc(NC(=O)C2CCC(=O)N2c2ccc(Cl)cc2)nc1-c1ccc(F)cc1. The predicted molar refractivity (Wildman–Crippen MR) is 113 cm³/mol. The van der Waals surface area contributed by atoms with Gasteiger partial charge >= 0.3 is 0 Å². The minimum Gasteiger partial charge on any atom is -0.300 e. The van der Waals surface area contributed by atoms with Gasteiger partial charge in [0, 0.05) is 27.6 Å². The fraction of sp³-hybridized carbons (Fsp3) is 0.190. The second-order valence-electron chi connectivity index (χ2n) is 6.71. The normalized spacial score (nSPS) is 16.3. The van der Waals surface area contributed by atoms with Crippen molar-refractivity contribution in [3.63, 3.8) is 0 Å². The van der Waals surface area contributed by atoms with Crippen LogP contribution < -0.4 is 10.2 Å². The van der Waals surface area contributed by atoms with Crippen LogP contribution >= 0.6 is 22.9 Å². The standard InChI is InChI=1S/C21H17ClFN3O2S/c1-12-19(13-2-6-15(23)7-3-13)24-21(29-12)25-20(28)17-10-11-18(27)26(17)16-8-4-14(22)5-9-16/h2-9,17H,10-11H2,1H3,(H,24,25,28). The molecule has 29 heavy (non-hydrogen) atoms. The molecule has 4 rings (SSSR count). The van der Waals surface area contributed by atoms with Crippen molar-refractivity contribution in [3.05, 3.63) is 64.2 Å². The number of anilines is 2. The van der Waals surface area contributed by atoms with Gasteiger partial charge in [-0.15, -0.1) is 11.3 Å². The molecule has 1 saturated heterocycles. The van der Waals surface area contributed by atoms with Crippen LogP contribution in [0.1, 0.15) is 17.7 Å². The Morgan fingerprint density at radius 3 is 2.59 bits per heavy atom. The Morgan fingerprint density at radius 1 is 1.21 bits per heavy atom. The zero-order valence-electron chi connectivity index (χ0n) is 15.5. The third-order valence-corrected chi connectivity index (χ3v) is 5.90. The summed E-state index contributed by atoms with van der Waals surface area (Å²) in [5, 5.41) is 3.84. The summed E-state index contributed by atoms with van der Waals surface area (Å²) in [6.45, 7) is 1.89. The van der Waals surface area contributed by atoms with Crippen LogP contribution in [0.2, 0.25) is 5.02 Å². The molecule has 1 aromatic heterocycles. The lowest BCUT2D eigenvalue weighted by Crippen LogP contribution is -2.41. The maximum atomic E-state index is 13.2. The third kappa shape index (κ3) is 4.02. The highest BCUT2D eigenvalue weighted by molar-refractivity contribution is 7.16. The molecular weight excluding hydrogens is 413 g/mol. The molecule has 2 amide bonds. The van der Waals surface area contributed by atoms with E-state index in [9.17, 15) is 14.0 Å². The Morgan fingerprint density at radius 2 is 1.90 bits per heavy atom. The predicted octanol–water partition coefficient (Wildman–Crippen LogP) is 5.05. The van der Waals surface area contributed by atoms with E-state index < -0.39 is 6.04 Å². The molecule has 148 valence electrons. The molecule has 0 bridgehead atoms. The number of thiazole rings is 1. The van der Waals surface area contributed by atoms with Crippen LogP contribution in [-0.4, -0.2) is 22.8 Å². The lowest BCUT2D eigenvalue weighted by Gasteiger charge is -2.23. The van der Waals surface area contributed by atoms with Crippen LogP contribution in [0.3, 0.4) is 0 Å². The van der Waals surface area contributed by atoms with Crippen LogP contribution in [0.5, 0.6) is 0 Å². The second kappa shape index (κ2) is 7.93. The van der Waals surface area contributed by atoms with Crippen LogP contribution in [0, 0.1) is 12.7 Å². The van der Waals surface area contributed by atoms with Crippen LogP contribution in [-0.2, 0) is 9.59 Å². The topological polar surface area (TPSA) is 62.3 Å². The first-order valence-electron chi connectivity index (χ1n) is 9.04. The van der Waals surface area contributed by atoms with Crippen molar-refractivity contribution in [2.24, 2.45) is 0 Å². The maximum absolute atomic E-state index is 13.2. The van der Waals surface area contributed by atoms with Crippen molar-refractivity contribution >= 4 is 45.6 Å². The van der Waals surface area contributed by atoms with Crippen LogP contribution in [0.25, 0.3) is 11.3 Å². The van der Waals surface area contributed by atoms with Crippen LogP contribution in [0.4, 0.5) is 15.2 Å². The van der Waals surface area contributed by atoms with E-state index >= 15 is 0 Å². The summed E-state index contributed by atoms with van der Waals surface area (Å²) in [7, 11) is 0. The number of halogens is 2. The van der Waals surface area contributed by atoms with Crippen molar-refractivity contribution in [1.82, 2.24) is 4.98 Å². The van der Waals surface area contributed by atoms with Gasteiger partial charge in [-0.2, -0.15) is 0 Å². The fourth-order valence-corrected chi connectivity index (χ4v) is 4.34. The molecule has 5 nitrogen and oxygen atoms in total. The average molecular weight is 430 g/mol. The Hall–Kier alpha value is -2.77. The number of rotatable bonds is 4. The number of amides is 2. The molecule has 0 spiro atoms. The summed E-state index contributed by atoms with van der Waals surface area (Å²) in [5.41, 5.74) is 2.11. The first-order chi connectivity index (χ1) is 13.9. The Kier molecular flexibility index (Phi) is 5.34. The van der Waals surface area contributed by atoms with Gasteiger partial charge in [-0.25, -0.2) is 9.37 Å². The van der Waals surface area contributed by atoms with Gasteiger partial charge in [-0.05, 0) is 61.9 Å². The van der Waals surface area contributed by atoms with E-state index in [2.05, 4.69) is 10.3 Å². The highest BCUT2D eigenvalue weighted by atomic mass is 35.5. The van der Waals surface area contributed by atoms with Crippen molar-refractivity contribution in [3.8, 4) is 11.3 Å². The highest BCUT2D eigenvalue weighted by Gasteiger charge is 2.37. The van der Waals surface area contributed by atoms with Crippen molar-refractivity contribution < 1.29 is 14.0 Å². The zero-order valence-corrected chi connectivity index (χ0v) is 17.1. The number of benzene rings is 2. The van der Waals surface area contributed by atoms with E-state index in [0.717, 1.165) is 10.4 Å². The summed E-state index contributed by atoms with van der Waals surface area (Å²) >= 11 is 7.27. The van der Waals surface area contributed by atoms with Crippen molar-refractivity contribution in [2.45, 2.75) is 25.8 Å². The molecule has 1 unspecified atom stereocenters. The van der Waals surface area contributed by atoms with E-state index in [-0.39, 0.29) is 17.6 Å². The van der Waals surface area contributed by atoms with Crippen molar-refractivity contribution in [1.29, 1.82) is 0 Å². The summed E-state index contributed by atoms with van der Waals surface area (Å²) in [5.74, 6) is -0.705. The second-order valence-corrected chi connectivity index (χ2v) is 8.35. The van der Waals surface area contributed by atoms with Gasteiger partial charge in [0.1, 0.15) is 11.9 Å². The molecule has 1 fully saturated rings. The third-order valence-electron chi connectivity index (χ3n) is 4.76. The quantitative estimate of drug-likeness (QED) is 0.631. The van der Waals surface area contributed by atoms with Gasteiger partial charge in [0.05, 0.1) is 5.69 Å². The van der Waals surface area contributed by atoms with E-state index in [1.165, 1.54) is 28.4 Å². The van der Waals surface area contributed by atoms with Gasteiger partial charge in [0.15, 0.2) is 5.13 Å². The molecule has 1 aliphatic heterocycles. The van der Waals surface area contributed by atoms with Gasteiger partial charge < -0.3 is 5.32 Å². The number of aryl methyl sites for hydroxylation is 1. The molecule has 2 aromatic carbocycles. The van der Waals surface area contributed by atoms with Gasteiger partial charge in [0.25, 0.3) is 0 Å². The lowest BCUT2D eigenvalue weighted by atomic mass is 10.1. The summed E-state index contributed by atoms with van der Waals surface area (Å²) in [4.78, 5) is 32.2. The molecular formula is C21H17ClFN3O2S. The monoisotopic (exact) mass is 429 g/mol. The molecule has 1 aliphatic rings. The number of carbonyl (C=O) groups is 2. The van der Waals surface area contributed by atoms with Crippen LogP contribution in [0.15, 0.2) is 48.5 Å². The molecule has 2 heterocycles. The lowest BCUT2D eigenvalue weighted by molar-refractivity contribution is -0.120. The van der Waals surface area contributed by atoms with Gasteiger partial charge in [-0.1, -0.05) is 11.6 Å². The number of nitrogens with zero attached hydrogens (tertiary/aromatic N) is 2. The smallest absolute Gasteiger partial charge is 0.249 e. The first kappa shape index (κ1) is 19.5. The Balaban J connectivity index is 1.54. The minimum atomic E-state index is -0.609. The molecule has 0 saturated carbocycles. The Bertz CT molecular complexity index is 1070. The number of aromatic nitrogens is 1. The fourth-order valence-electron chi connectivity index (χ4n) is 3.37. The van der Waals surface area contributed by atoms with E-state index in [1.807, 2.05) is 6.92 Å². The number of hydrogen-bond acceptors (Lipinski definition) is 4. The summed E-state index contributed by atoms with van der Waals surface area (Å²) < 4.78 is 13.2. The van der Waals surface area contributed by atoms with E-state index in [1.54, 1.807) is 36.4 Å². The molecule has 0 aliphatic carbocycles.